The topological polar surface area (TPSA) is 132 Å². The van der Waals surface area contributed by atoms with Gasteiger partial charge in [0.05, 0.1) is 22.2 Å². The monoisotopic (exact) mass is 602 g/mol. The van der Waals surface area contributed by atoms with E-state index >= 15 is 0 Å². The summed E-state index contributed by atoms with van der Waals surface area (Å²) >= 11 is 12.8. The molecule has 208 valence electrons. The van der Waals surface area contributed by atoms with Gasteiger partial charge in [-0.2, -0.15) is 0 Å². The number of imidazole rings is 1. The molecule has 1 N–H and O–H groups in total. The Morgan fingerprint density at radius 2 is 1.80 bits per heavy atom. The number of anilines is 1. The fourth-order valence-corrected chi connectivity index (χ4v) is 5.76. The maximum atomic E-state index is 13.0. The molecule has 4 aromatic rings. The van der Waals surface area contributed by atoms with Gasteiger partial charge >= 0.3 is 5.97 Å². The van der Waals surface area contributed by atoms with Gasteiger partial charge in [0, 0.05) is 24.4 Å². The number of ether oxygens (including phenoxy) is 1. The second kappa shape index (κ2) is 12.5. The number of carboxylic acids is 1. The summed E-state index contributed by atoms with van der Waals surface area (Å²) in [5, 5.41) is 9.48. The number of rotatable bonds is 12. The maximum Gasteiger partial charge on any atom is 0.357 e. The van der Waals surface area contributed by atoms with E-state index in [1.54, 1.807) is 28.8 Å². The highest BCUT2D eigenvalue weighted by Crippen LogP contribution is 2.33. The number of sulfonamides is 1. The Morgan fingerprint density at radius 3 is 2.42 bits per heavy atom. The van der Waals surface area contributed by atoms with Crippen LogP contribution in [-0.4, -0.2) is 40.4 Å². The third kappa shape index (κ3) is 6.11. The molecule has 0 spiro atoms. The van der Waals surface area contributed by atoms with Crippen molar-refractivity contribution in [1.29, 1.82) is 0 Å². The molecule has 2 aromatic carbocycles. The van der Waals surface area contributed by atoms with Crippen molar-refractivity contribution in [1.82, 2.24) is 14.5 Å². The van der Waals surface area contributed by atoms with Crippen molar-refractivity contribution >= 4 is 51.3 Å². The van der Waals surface area contributed by atoms with E-state index in [2.05, 4.69) is 9.97 Å². The first-order valence-electron chi connectivity index (χ1n) is 12.0. The number of carboxylic acid groups (broad SMARTS) is 1. The number of hydrogen-bond donors (Lipinski definition) is 1. The first-order chi connectivity index (χ1) is 19.2. The molecule has 0 aliphatic heterocycles. The molecule has 1 amide bonds. The zero-order chi connectivity index (χ0) is 28.9. The van der Waals surface area contributed by atoms with Crippen molar-refractivity contribution in [2.45, 2.75) is 37.8 Å². The molecule has 0 aliphatic rings. The van der Waals surface area contributed by atoms with Crippen LogP contribution in [0.1, 0.15) is 40.8 Å². The lowest BCUT2D eigenvalue weighted by Crippen LogP contribution is -2.30. The highest BCUT2D eigenvalue weighted by Gasteiger charge is 2.27. The summed E-state index contributed by atoms with van der Waals surface area (Å²) in [4.78, 5) is 31.2. The Labute approximate surface area is 240 Å². The van der Waals surface area contributed by atoms with E-state index in [4.69, 9.17) is 27.9 Å². The lowest BCUT2D eigenvalue weighted by atomic mass is 10.2. The molecule has 0 unspecified atom stereocenters. The van der Waals surface area contributed by atoms with Gasteiger partial charge in [-0.05, 0) is 42.3 Å². The average molecular weight is 603 g/mol. The zero-order valence-corrected chi connectivity index (χ0v) is 23.5. The maximum absolute atomic E-state index is 13.0. The number of halogens is 2. The van der Waals surface area contributed by atoms with Gasteiger partial charge in [-0.25, -0.2) is 22.5 Å². The predicted octanol–water partition coefficient (Wildman–Crippen LogP) is 5.21. The number of benzene rings is 2. The third-order valence-corrected chi connectivity index (χ3v) is 8.41. The van der Waals surface area contributed by atoms with Crippen LogP contribution in [0.3, 0.4) is 0 Å². The van der Waals surface area contributed by atoms with Crippen LogP contribution in [0.25, 0.3) is 0 Å². The SMILES string of the molecule is CCCc1nc(C(=O)O)c(Cl)n1Cc1ccc(OCc2cccc(N(C=O)S(=O)(=O)c3ccncc3)c2Cl)cc1. The van der Waals surface area contributed by atoms with Crippen molar-refractivity contribution in [3.8, 4) is 5.75 Å². The van der Waals surface area contributed by atoms with E-state index in [9.17, 15) is 23.1 Å². The summed E-state index contributed by atoms with van der Waals surface area (Å²) in [6, 6.07) is 14.3. The van der Waals surface area contributed by atoms with Crippen LogP contribution >= 0.6 is 23.2 Å². The molecule has 13 heteroatoms. The number of amides is 1. The standard InChI is InChI=1S/C27H24Cl2N4O6S/c1-2-4-23-31-25(27(35)36)26(29)32(23)15-18-7-9-20(10-8-18)39-16-19-5-3-6-22(24(19)28)33(17-34)40(37,38)21-11-13-30-14-12-21/h3,5-14,17H,2,4,15-16H2,1H3,(H,35,36). The minimum Gasteiger partial charge on any atom is -0.489 e. The van der Waals surface area contributed by atoms with Gasteiger partial charge in [-0.15, -0.1) is 0 Å². The highest BCUT2D eigenvalue weighted by atomic mass is 35.5. The van der Waals surface area contributed by atoms with Crippen molar-refractivity contribution < 1.29 is 27.9 Å². The normalized spacial score (nSPS) is 11.3. The molecule has 0 saturated carbocycles. The molecule has 40 heavy (non-hydrogen) atoms. The fourth-order valence-electron chi connectivity index (χ4n) is 3.94. The smallest absolute Gasteiger partial charge is 0.357 e. The minimum absolute atomic E-state index is 0.00396. The van der Waals surface area contributed by atoms with Gasteiger partial charge in [0.2, 0.25) is 6.41 Å². The number of nitrogens with zero attached hydrogens (tertiary/aromatic N) is 4. The first kappa shape index (κ1) is 29.1. The summed E-state index contributed by atoms with van der Waals surface area (Å²) in [5.74, 6) is -0.0764. The van der Waals surface area contributed by atoms with Gasteiger partial charge < -0.3 is 14.4 Å². The van der Waals surface area contributed by atoms with Gasteiger partial charge in [0.15, 0.2) is 5.69 Å². The van der Waals surface area contributed by atoms with E-state index in [0.717, 1.165) is 12.0 Å². The summed E-state index contributed by atoms with van der Waals surface area (Å²) in [6.45, 7) is 2.30. The molecule has 0 aliphatic carbocycles. The zero-order valence-electron chi connectivity index (χ0n) is 21.2. The van der Waals surface area contributed by atoms with Crippen LogP contribution in [-0.2, 0) is 34.4 Å². The second-order valence-corrected chi connectivity index (χ2v) is 11.1. The molecule has 0 fully saturated rings. The van der Waals surface area contributed by atoms with Crippen LogP contribution in [0.5, 0.6) is 5.75 Å². The third-order valence-electron chi connectivity index (χ3n) is 5.92. The Bertz CT molecular complexity index is 1630. The van der Waals surface area contributed by atoms with Gasteiger partial charge in [-0.3, -0.25) is 9.78 Å². The summed E-state index contributed by atoms with van der Waals surface area (Å²) < 4.78 is 34.2. The van der Waals surface area contributed by atoms with Crippen molar-refractivity contribution in [2.24, 2.45) is 0 Å². The second-order valence-electron chi connectivity index (χ2n) is 8.58. The van der Waals surface area contributed by atoms with Crippen LogP contribution < -0.4 is 9.04 Å². The van der Waals surface area contributed by atoms with E-state index in [-0.39, 0.29) is 39.5 Å². The first-order valence-corrected chi connectivity index (χ1v) is 14.2. The van der Waals surface area contributed by atoms with Crippen LogP contribution in [0, 0.1) is 0 Å². The number of aromatic nitrogens is 3. The Balaban J connectivity index is 1.50. The number of carbonyl (C=O) groups excluding carboxylic acids is 1. The molecule has 2 aromatic heterocycles. The van der Waals surface area contributed by atoms with Gasteiger partial charge in [-0.1, -0.05) is 54.4 Å². The largest absolute Gasteiger partial charge is 0.489 e. The average Bonchev–Trinajstić information content (AvgIpc) is 3.25. The van der Waals surface area contributed by atoms with Crippen molar-refractivity contribution in [3.63, 3.8) is 0 Å². The number of carbonyl (C=O) groups is 2. The highest BCUT2D eigenvalue weighted by molar-refractivity contribution is 7.93. The predicted molar refractivity (Wildman–Crippen MR) is 149 cm³/mol. The van der Waals surface area contributed by atoms with Crippen molar-refractivity contribution in [3.05, 3.63) is 99.8 Å². The van der Waals surface area contributed by atoms with Gasteiger partial charge in [0.25, 0.3) is 10.0 Å². The fraction of sp³-hybridized carbons (Fsp3) is 0.185. The summed E-state index contributed by atoms with van der Waals surface area (Å²) in [5.41, 5.74) is 1.14. The number of aryl methyl sites for hydroxylation is 1. The van der Waals surface area contributed by atoms with E-state index < -0.39 is 16.0 Å². The van der Waals surface area contributed by atoms with E-state index in [1.165, 1.54) is 30.6 Å². The number of aromatic carboxylic acids is 1. The lowest BCUT2D eigenvalue weighted by molar-refractivity contribution is -0.106. The van der Waals surface area contributed by atoms with E-state index in [0.29, 0.717) is 34.4 Å². The van der Waals surface area contributed by atoms with Crippen LogP contribution in [0.2, 0.25) is 10.2 Å². The van der Waals surface area contributed by atoms with Crippen LogP contribution in [0.4, 0.5) is 5.69 Å². The molecular formula is C27H24Cl2N4O6S. The quantitative estimate of drug-likeness (QED) is 0.218. The molecule has 0 radical (unpaired) electrons. The lowest BCUT2D eigenvalue weighted by Gasteiger charge is -2.20. The van der Waals surface area contributed by atoms with Crippen molar-refractivity contribution in [2.75, 3.05) is 4.31 Å². The molecule has 2 heterocycles. The number of pyridine rings is 1. The van der Waals surface area contributed by atoms with E-state index in [1.807, 2.05) is 19.1 Å². The minimum atomic E-state index is -4.20. The Kier molecular flexibility index (Phi) is 9.08. The molecule has 0 saturated heterocycles. The molecule has 10 nitrogen and oxygen atoms in total. The Morgan fingerprint density at radius 1 is 1.10 bits per heavy atom. The molecular weight excluding hydrogens is 579 g/mol. The summed E-state index contributed by atoms with van der Waals surface area (Å²) in [7, 11) is -4.20. The van der Waals surface area contributed by atoms with Crippen LogP contribution in [0.15, 0.2) is 71.9 Å². The Hall–Kier alpha value is -3.93. The number of hydrogen-bond acceptors (Lipinski definition) is 7. The summed E-state index contributed by atoms with van der Waals surface area (Å²) in [6.07, 6.45) is 4.18. The van der Waals surface area contributed by atoms with Gasteiger partial charge in [0.1, 0.15) is 23.3 Å². The molecule has 0 bridgehead atoms. The molecule has 0 atom stereocenters. The molecule has 4 rings (SSSR count).